The molecule has 8 nitrogen and oxygen atoms in total. The highest BCUT2D eigenvalue weighted by molar-refractivity contribution is 5.76. The lowest BCUT2D eigenvalue weighted by Crippen LogP contribution is -2.35. The second kappa shape index (κ2) is 7.59. The molecule has 0 radical (unpaired) electrons. The number of hydrogen-bond donors (Lipinski definition) is 2. The summed E-state index contributed by atoms with van der Waals surface area (Å²) in [7, 11) is 0. The van der Waals surface area contributed by atoms with Crippen LogP contribution in [0.3, 0.4) is 0 Å². The molecule has 1 unspecified atom stereocenters. The predicted molar refractivity (Wildman–Crippen MR) is 72.2 cm³/mol. The maximum Gasteiger partial charge on any atom is 0.381 e. The lowest BCUT2D eigenvalue weighted by atomic mass is 10.1. The third-order valence-corrected chi connectivity index (χ3v) is 3.07. The Labute approximate surface area is 117 Å². The number of carbonyl (C=O) groups excluding carboxylic acids is 1. The van der Waals surface area contributed by atoms with E-state index in [9.17, 15) is 14.9 Å². The second-order valence-electron chi connectivity index (χ2n) is 4.53. The predicted octanol–water partition coefficient (Wildman–Crippen LogP) is 0.767. The number of nitrogens with one attached hydrogen (secondary N) is 1. The van der Waals surface area contributed by atoms with Gasteiger partial charge in [-0.15, -0.1) is 0 Å². The normalized spacial score (nSPS) is 12.2. The Bertz CT molecular complexity index is 472. The Hall–Kier alpha value is -1.96. The van der Waals surface area contributed by atoms with Crippen molar-refractivity contribution in [2.24, 2.45) is 0 Å². The summed E-state index contributed by atoms with van der Waals surface area (Å²) in [5.41, 5.74) is 0. The van der Waals surface area contributed by atoms with Crippen LogP contribution in [0.1, 0.15) is 32.0 Å². The molecule has 0 bridgehead atoms. The number of aliphatic hydroxyl groups excluding tert-OH is 1. The first-order chi connectivity index (χ1) is 9.47. The number of amides is 1. The van der Waals surface area contributed by atoms with Gasteiger partial charge in [-0.05, 0) is 22.7 Å². The number of hydrogen-bond acceptors (Lipinski definition) is 5. The molecule has 112 valence electrons. The van der Waals surface area contributed by atoms with E-state index in [0.29, 0.717) is 18.8 Å². The van der Waals surface area contributed by atoms with Gasteiger partial charge < -0.3 is 25.1 Å². The number of nitrogens with zero attached hydrogens (tertiary/aromatic N) is 3. The number of nitro groups is 1. The van der Waals surface area contributed by atoms with Gasteiger partial charge in [-0.3, -0.25) is 4.79 Å². The highest BCUT2D eigenvalue weighted by Gasteiger charge is 2.16. The molecule has 20 heavy (non-hydrogen) atoms. The molecule has 1 amide bonds. The number of aliphatic hydroxyl groups is 1. The van der Waals surface area contributed by atoms with Gasteiger partial charge >= 0.3 is 5.82 Å². The van der Waals surface area contributed by atoms with Crippen molar-refractivity contribution >= 4 is 11.7 Å². The Morgan fingerprint density at radius 2 is 2.35 bits per heavy atom. The standard InChI is InChI=1S/C12H20N4O4/c1-3-10(5-7-17)14-12(18)4-6-15-8-11(16(19)20)13-9(15)2/h8,10,17H,3-7H2,1-2H3,(H,14,18). The lowest BCUT2D eigenvalue weighted by Gasteiger charge is -2.15. The highest BCUT2D eigenvalue weighted by Crippen LogP contribution is 2.10. The third kappa shape index (κ3) is 4.61. The fourth-order valence-corrected chi connectivity index (χ4v) is 1.86. The van der Waals surface area contributed by atoms with E-state index in [1.807, 2.05) is 6.92 Å². The van der Waals surface area contributed by atoms with Crippen molar-refractivity contribution in [3.63, 3.8) is 0 Å². The molecule has 0 aliphatic heterocycles. The van der Waals surface area contributed by atoms with Crippen LogP contribution in [0.2, 0.25) is 0 Å². The molecule has 1 aromatic heterocycles. The first-order valence-electron chi connectivity index (χ1n) is 6.56. The highest BCUT2D eigenvalue weighted by atomic mass is 16.6. The number of rotatable bonds is 8. The molecule has 8 heteroatoms. The summed E-state index contributed by atoms with van der Waals surface area (Å²) in [6, 6.07) is -0.0364. The smallest absolute Gasteiger partial charge is 0.381 e. The van der Waals surface area contributed by atoms with Gasteiger partial charge in [0.1, 0.15) is 6.20 Å². The first kappa shape index (κ1) is 16.1. The van der Waals surface area contributed by atoms with Crippen LogP contribution in [0.5, 0.6) is 0 Å². The van der Waals surface area contributed by atoms with E-state index in [1.165, 1.54) is 6.20 Å². The van der Waals surface area contributed by atoms with E-state index in [4.69, 9.17) is 5.11 Å². The van der Waals surface area contributed by atoms with Crippen LogP contribution in [0.4, 0.5) is 5.82 Å². The van der Waals surface area contributed by atoms with Crippen LogP contribution in [0, 0.1) is 17.0 Å². The van der Waals surface area contributed by atoms with E-state index in [2.05, 4.69) is 10.3 Å². The molecule has 0 spiro atoms. The number of imidazole rings is 1. The molecule has 0 fully saturated rings. The van der Waals surface area contributed by atoms with Gasteiger partial charge in [0.25, 0.3) is 0 Å². The van der Waals surface area contributed by atoms with Crippen molar-refractivity contribution in [3.8, 4) is 0 Å². The van der Waals surface area contributed by atoms with E-state index in [1.54, 1.807) is 11.5 Å². The Kier molecular flexibility index (Phi) is 6.10. The second-order valence-corrected chi connectivity index (χ2v) is 4.53. The average molecular weight is 284 g/mol. The molecular formula is C12H20N4O4. The van der Waals surface area contributed by atoms with Crippen molar-refractivity contribution in [3.05, 3.63) is 22.1 Å². The summed E-state index contributed by atoms with van der Waals surface area (Å²) in [5, 5.41) is 22.3. The Morgan fingerprint density at radius 1 is 1.65 bits per heavy atom. The molecule has 1 aromatic rings. The zero-order chi connectivity index (χ0) is 15.1. The fraction of sp³-hybridized carbons (Fsp3) is 0.667. The SMILES string of the molecule is CCC(CCO)NC(=O)CCn1cc([N+](=O)[O-])nc1C. The monoisotopic (exact) mass is 284 g/mol. The van der Waals surface area contributed by atoms with Gasteiger partial charge in [0, 0.05) is 32.5 Å². The van der Waals surface area contributed by atoms with E-state index < -0.39 is 4.92 Å². The maximum atomic E-state index is 11.8. The molecule has 1 atom stereocenters. The third-order valence-electron chi connectivity index (χ3n) is 3.07. The molecule has 0 saturated carbocycles. The first-order valence-corrected chi connectivity index (χ1v) is 6.56. The van der Waals surface area contributed by atoms with Crippen LogP contribution in [-0.4, -0.2) is 38.1 Å². The average Bonchev–Trinajstić information content (AvgIpc) is 2.77. The van der Waals surface area contributed by atoms with Gasteiger partial charge in [0.05, 0.1) is 0 Å². The van der Waals surface area contributed by atoms with Crippen molar-refractivity contribution < 1.29 is 14.8 Å². The van der Waals surface area contributed by atoms with Crippen molar-refractivity contribution in [2.45, 2.75) is 45.7 Å². The summed E-state index contributed by atoms with van der Waals surface area (Å²) in [6.07, 6.45) is 2.82. The molecule has 1 rings (SSSR count). The molecular weight excluding hydrogens is 264 g/mol. The minimum atomic E-state index is -0.558. The largest absolute Gasteiger partial charge is 0.396 e. The van der Waals surface area contributed by atoms with Crippen LogP contribution < -0.4 is 5.32 Å². The van der Waals surface area contributed by atoms with E-state index in [-0.39, 0.29) is 30.8 Å². The summed E-state index contributed by atoms with van der Waals surface area (Å²) in [5.74, 6) is 0.155. The zero-order valence-electron chi connectivity index (χ0n) is 11.7. The molecule has 0 aliphatic carbocycles. The Morgan fingerprint density at radius 3 is 2.85 bits per heavy atom. The Balaban J connectivity index is 2.50. The number of aryl methyl sites for hydroxylation is 2. The molecule has 0 aromatic carbocycles. The summed E-state index contributed by atoms with van der Waals surface area (Å²) in [4.78, 5) is 25.6. The topological polar surface area (TPSA) is 110 Å². The minimum Gasteiger partial charge on any atom is -0.396 e. The summed E-state index contributed by atoms with van der Waals surface area (Å²) in [6.45, 7) is 3.97. The van der Waals surface area contributed by atoms with E-state index in [0.717, 1.165) is 6.42 Å². The fourth-order valence-electron chi connectivity index (χ4n) is 1.86. The van der Waals surface area contributed by atoms with Gasteiger partial charge in [-0.1, -0.05) is 6.92 Å². The lowest BCUT2D eigenvalue weighted by molar-refractivity contribution is -0.389. The van der Waals surface area contributed by atoms with Crippen molar-refractivity contribution in [1.82, 2.24) is 14.9 Å². The summed E-state index contributed by atoms with van der Waals surface area (Å²) < 4.78 is 1.59. The molecule has 0 aliphatic rings. The van der Waals surface area contributed by atoms with Gasteiger partial charge in [0.2, 0.25) is 11.7 Å². The van der Waals surface area contributed by atoms with Gasteiger partial charge in [-0.25, -0.2) is 0 Å². The van der Waals surface area contributed by atoms with Crippen molar-refractivity contribution in [2.75, 3.05) is 6.61 Å². The number of aromatic nitrogens is 2. The van der Waals surface area contributed by atoms with E-state index >= 15 is 0 Å². The van der Waals surface area contributed by atoms with Crippen molar-refractivity contribution in [1.29, 1.82) is 0 Å². The molecule has 2 N–H and O–H groups in total. The zero-order valence-corrected chi connectivity index (χ0v) is 11.7. The van der Waals surface area contributed by atoms with Crippen LogP contribution in [0.25, 0.3) is 0 Å². The quantitative estimate of drug-likeness (QED) is 0.541. The summed E-state index contributed by atoms with van der Waals surface area (Å²) >= 11 is 0. The van der Waals surface area contributed by atoms with Crippen LogP contribution in [0.15, 0.2) is 6.20 Å². The maximum absolute atomic E-state index is 11.8. The molecule has 0 saturated heterocycles. The molecule has 1 heterocycles. The minimum absolute atomic E-state index is 0.0333. The number of carbonyl (C=O) groups is 1. The van der Waals surface area contributed by atoms with Crippen LogP contribution in [-0.2, 0) is 11.3 Å². The van der Waals surface area contributed by atoms with Crippen LogP contribution >= 0.6 is 0 Å². The van der Waals surface area contributed by atoms with Gasteiger partial charge in [-0.2, -0.15) is 0 Å². The van der Waals surface area contributed by atoms with Gasteiger partial charge in [0.15, 0.2) is 0 Å².